The molecule has 134 valence electrons. The quantitative estimate of drug-likeness (QED) is 0.264. The Hall–Kier alpha value is -0.790. The van der Waals surface area contributed by atoms with E-state index < -0.39 is 0 Å². The van der Waals surface area contributed by atoms with E-state index in [1.165, 1.54) is 32.1 Å². The predicted molar refractivity (Wildman–Crippen MR) is 108 cm³/mol. The van der Waals surface area contributed by atoms with Crippen LogP contribution in [0, 0.1) is 19.8 Å². The summed E-state index contributed by atoms with van der Waals surface area (Å²) in [5, 5.41) is 6.56. The fourth-order valence-electron chi connectivity index (χ4n) is 2.23. The maximum absolute atomic E-state index is 5.54. The lowest BCUT2D eigenvalue weighted by Crippen LogP contribution is -2.37. The first kappa shape index (κ1) is 22.2. The number of aromatic nitrogens is 1. The molecule has 0 saturated carbocycles. The molecule has 0 fully saturated rings. The molecule has 1 aromatic rings. The average molecular weight is 436 g/mol. The van der Waals surface area contributed by atoms with Gasteiger partial charge in [0.2, 0.25) is 5.89 Å². The first-order valence-corrected chi connectivity index (χ1v) is 8.40. The molecule has 23 heavy (non-hydrogen) atoms. The van der Waals surface area contributed by atoms with Crippen LogP contribution in [0.4, 0.5) is 0 Å². The van der Waals surface area contributed by atoms with Gasteiger partial charge in [0, 0.05) is 13.6 Å². The van der Waals surface area contributed by atoms with Crippen LogP contribution >= 0.6 is 24.0 Å². The zero-order valence-corrected chi connectivity index (χ0v) is 17.6. The lowest BCUT2D eigenvalue weighted by molar-refractivity contribution is 0.463. The summed E-state index contributed by atoms with van der Waals surface area (Å²) >= 11 is 0. The molecule has 0 aliphatic heterocycles. The second-order valence-electron chi connectivity index (χ2n) is 6.20. The van der Waals surface area contributed by atoms with Gasteiger partial charge in [0.1, 0.15) is 5.76 Å². The highest BCUT2D eigenvalue weighted by Gasteiger charge is 2.06. The lowest BCUT2D eigenvalue weighted by Gasteiger charge is -2.10. The van der Waals surface area contributed by atoms with E-state index in [1.807, 2.05) is 13.8 Å². The fraction of sp³-hybridized carbons (Fsp3) is 0.765. The molecule has 0 radical (unpaired) electrons. The van der Waals surface area contributed by atoms with Gasteiger partial charge in [-0.15, -0.1) is 24.0 Å². The van der Waals surface area contributed by atoms with Gasteiger partial charge < -0.3 is 15.1 Å². The van der Waals surface area contributed by atoms with Crippen molar-refractivity contribution >= 4 is 29.9 Å². The van der Waals surface area contributed by atoms with E-state index in [0.29, 0.717) is 12.4 Å². The molecule has 5 nitrogen and oxygen atoms in total. The van der Waals surface area contributed by atoms with Crippen LogP contribution < -0.4 is 10.6 Å². The molecule has 0 saturated heterocycles. The normalized spacial score (nSPS) is 11.5. The van der Waals surface area contributed by atoms with Gasteiger partial charge in [-0.2, -0.15) is 0 Å². The summed E-state index contributed by atoms with van der Waals surface area (Å²) in [6, 6.07) is 0. The molecule has 0 unspecified atom stereocenters. The minimum absolute atomic E-state index is 0. The van der Waals surface area contributed by atoms with Crippen molar-refractivity contribution in [3.63, 3.8) is 0 Å². The number of oxazole rings is 1. The molecule has 0 aliphatic carbocycles. The molecule has 2 N–H and O–H groups in total. The summed E-state index contributed by atoms with van der Waals surface area (Å²) in [6.07, 6.45) is 6.45. The van der Waals surface area contributed by atoms with Crippen molar-refractivity contribution in [3.8, 4) is 0 Å². The Morgan fingerprint density at radius 2 is 1.83 bits per heavy atom. The van der Waals surface area contributed by atoms with Crippen LogP contribution in [0.5, 0.6) is 0 Å². The first-order chi connectivity index (χ1) is 10.5. The van der Waals surface area contributed by atoms with E-state index in [0.717, 1.165) is 29.9 Å². The molecule has 0 aromatic carbocycles. The van der Waals surface area contributed by atoms with Crippen molar-refractivity contribution in [2.75, 3.05) is 13.6 Å². The minimum atomic E-state index is 0. The third kappa shape index (κ3) is 9.84. The number of rotatable bonds is 9. The third-order valence-electron chi connectivity index (χ3n) is 3.70. The van der Waals surface area contributed by atoms with Gasteiger partial charge in [-0.1, -0.05) is 39.5 Å². The van der Waals surface area contributed by atoms with Crippen molar-refractivity contribution in [1.29, 1.82) is 0 Å². The molecule has 0 atom stereocenters. The molecule has 1 aromatic heterocycles. The van der Waals surface area contributed by atoms with Gasteiger partial charge in [0.15, 0.2) is 5.96 Å². The third-order valence-corrected chi connectivity index (χ3v) is 3.70. The number of hydrogen-bond donors (Lipinski definition) is 2. The minimum Gasteiger partial charge on any atom is -0.444 e. The maximum atomic E-state index is 5.54. The molecule has 0 amide bonds. The van der Waals surface area contributed by atoms with E-state index >= 15 is 0 Å². The second-order valence-corrected chi connectivity index (χ2v) is 6.20. The molecule has 1 rings (SSSR count). The van der Waals surface area contributed by atoms with Gasteiger partial charge in [-0.3, -0.25) is 4.99 Å². The summed E-state index contributed by atoms with van der Waals surface area (Å²) in [6.45, 7) is 9.96. The molecular weight excluding hydrogens is 403 g/mol. The Morgan fingerprint density at radius 3 is 2.39 bits per heavy atom. The maximum Gasteiger partial charge on any atom is 0.214 e. The van der Waals surface area contributed by atoms with Crippen molar-refractivity contribution in [2.24, 2.45) is 10.9 Å². The first-order valence-electron chi connectivity index (χ1n) is 8.40. The summed E-state index contributed by atoms with van der Waals surface area (Å²) in [7, 11) is 1.78. The van der Waals surface area contributed by atoms with Crippen LogP contribution in [0.3, 0.4) is 0 Å². The highest BCUT2D eigenvalue weighted by Crippen LogP contribution is 2.09. The molecule has 0 spiro atoms. The molecule has 1 heterocycles. The monoisotopic (exact) mass is 436 g/mol. The largest absolute Gasteiger partial charge is 0.444 e. The number of unbranched alkanes of at least 4 members (excludes halogenated alkanes) is 3. The van der Waals surface area contributed by atoms with Crippen LogP contribution in [-0.2, 0) is 6.54 Å². The van der Waals surface area contributed by atoms with Gasteiger partial charge in [0.25, 0.3) is 0 Å². The summed E-state index contributed by atoms with van der Waals surface area (Å²) in [4.78, 5) is 8.56. The SMILES string of the molecule is CN=C(NCCCCCCC(C)C)NCc1nc(C)c(C)o1.I. The lowest BCUT2D eigenvalue weighted by atomic mass is 10.0. The van der Waals surface area contributed by atoms with Crippen LogP contribution in [0.1, 0.15) is 63.3 Å². The highest BCUT2D eigenvalue weighted by atomic mass is 127. The number of aliphatic imine (C=N–C) groups is 1. The topological polar surface area (TPSA) is 62.5 Å². The van der Waals surface area contributed by atoms with E-state index in [2.05, 4.69) is 34.5 Å². The average Bonchev–Trinajstić information content (AvgIpc) is 2.79. The highest BCUT2D eigenvalue weighted by molar-refractivity contribution is 14.0. The zero-order chi connectivity index (χ0) is 16.4. The number of nitrogens with zero attached hydrogens (tertiary/aromatic N) is 2. The number of halogens is 1. The molecular formula is C17H33IN4O. The number of nitrogens with one attached hydrogen (secondary N) is 2. The van der Waals surface area contributed by atoms with E-state index in [9.17, 15) is 0 Å². The number of hydrogen-bond acceptors (Lipinski definition) is 3. The van der Waals surface area contributed by atoms with Crippen molar-refractivity contribution in [3.05, 3.63) is 17.3 Å². The Morgan fingerprint density at radius 1 is 1.13 bits per heavy atom. The van der Waals surface area contributed by atoms with Crippen LogP contribution in [0.25, 0.3) is 0 Å². The summed E-state index contributed by atoms with van der Waals surface area (Å²) in [5.74, 6) is 3.20. The Kier molecular flexibility index (Phi) is 12.2. The molecule has 0 bridgehead atoms. The van der Waals surface area contributed by atoms with Crippen molar-refractivity contribution in [1.82, 2.24) is 15.6 Å². The Labute approximate surface area is 158 Å². The Bertz CT molecular complexity index is 438. The zero-order valence-electron chi connectivity index (χ0n) is 15.2. The Balaban J connectivity index is 0.00000484. The summed E-state index contributed by atoms with van der Waals surface area (Å²) in [5.41, 5.74) is 0.946. The molecule has 6 heteroatoms. The van der Waals surface area contributed by atoms with Gasteiger partial charge in [-0.25, -0.2) is 4.98 Å². The van der Waals surface area contributed by atoms with E-state index in [1.54, 1.807) is 7.05 Å². The second kappa shape index (κ2) is 12.6. The fourth-order valence-corrected chi connectivity index (χ4v) is 2.23. The standard InChI is InChI=1S/C17H32N4O.HI/c1-13(2)10-8-6-7-9-11-19-17(18-5)20-12-16-21-14(3)15(4)22-16;/h13H,6-12H2,1-5H3,(H2,18,19,20);1H. The molecule has 0 aliphatic rings. The van der Waals surface area contributed by atoms with Gasteiger partial charge >= 0.3 is 0 Å². The van der Waals surface area contributed by atoms with Crippen LogP contribution in [0.2, 0.25) is 0 Å². The van der Waals surface area contributed by atoms with Crippen molar-refractivity contribution in [2.45, 2.75) is 66.3 Å². The number of guanidine groups is 1. The van der Waals surface area contributed by atoms with E-state index in [-0.39, 0.29) is 24.0 Å². The predicted octanol–water partition coefficient (Wildman–Crippen LogP) is 4.18. The van der Waals surface area contributed by atoms with Crippen LogP contribution in [0.15, 0.2) is 9.41 Å². The van der Waals surface area contributed by atoms with Gasteiger partial charge in [-0.05, 0) is 26.2 Å². The van der Waals surface area contributed by atoms with Crippen molar-refractivity contribution < 1.29 is 4.42 Å². The smallest absolute Gasteiger partial charge is 0.214 e. The van der Waals surface area contributed by atoms with Crippen LogP contribution in [-0.4, -0.2) is 24.5 Å². The van der Waals surface area contributed by atoms with E-state index in [4.69, 9.17) is 4.42 Å². The summed E-state index contributed by atoms with van der Waals surface area (Å²) < 4.78 is 5.54. The van der Waals surface area contributed by atoms with Gasteiger partial charge in [0.05, 0.1) is 12.2 Å². The number of aryl methyl sites for hydroxylation is 2.